The summed E-state index contributed by atoms with van der Waals surface area (Å²) in [5.41, 5.74) is 18.5. The van der Waals surface area contributed by atoms with Crippen molar-refractivity contribution in [1.82, 2.24) is 47.5 Å². The summed E-state index contributed by atoms with van der Waals surface area (Å²) in [7, 11) is 0. The highest BCUT2D eigenvalue weighted by atomic mass is 16.4. The predicted molar refractivity (Wildman–Crippen MR) is 250 cm³/mol. The van der Waals surface area contributed by atoms with Gasteiger partial charge < -0.3 is 69.8 Å². The zero-order chi connectivity index (χ0) is 51.3. The van der Waals surface area contributed by atoms with Gasteiger partial charge >= 0.3 is 5.97 Å². The molecule has 0 saturated carbocycles. The summed E-state index contributed by atoms with van der Waals surface area (Å²) < 4.78 is 0. The van der Waals surface area contributed by atoms with Crippen LogP contribution in [0.2, 0.25) is 0 Å². The Bertz CT molecular complexity index is 2480. The first-order chi connectivity index (χ1) is 33.3. The molecule has 70 heavy (non-hydrogen) atoms. The molecule has 1 fully saturated rings. The van der Waals surface area contributed by atoms with Gasteiger partial charge in [-0.05, 0) is 61.4 Å². The number of aliphatic imine (C=N–C) groups is 1. The van der Waals surface area contributed by atoms with Gasteiger partial charge in [0.25, 0.3) is 0 Å². The van der Waals surface area contributed by atoms with Gasteiger partial charge in [0, 0.05) is 56.4 Å². The quantitative estimate of drug-likeness (QED) is 0.0425. The Balaban J connectivity index is 1.69. The highest BCUT2D eigenvalue weighted by Crippen LogP contribution is 2.19. The first kappa shape index (κ1) is 54.0. The minimum absolute atomic E-state index is 0.0110. The van der Waals surface area contributed by atoms with E-state index in [-0.39, 0.29) is 63.1 Å². The number of carboxylic acids is 1. The van der Waals surface area contributed by atoms with Crippen LogP contribution in [0.4, 0.5) is 0 Å². The van der Waals surface area contributed by atoms with Gasteiger partial charge in [0.15, 0.2) is 5.96 Å². The molecule has 4 rings (SSSR count). The summed E-state index contributed by atoms with van der Waals surface area (Å²) in [5.74, 6) is -9.73. The van der Waals surface area contributed by atoms with Crippen LogP contribution in [0, 0.1) is 11.3 Å². The van der Waals surface area contributed by atoms with E-state index in [1.165, 1.54) is 24.3 Å². The second-order valence-electron chi connectivity index (χ2n) is 16.4. The van der Waals surface area contributed by atoms with Crippen LogP contribution in [0.1, 0.15) is 68.6 Å². The molecular formula is C45H58N14O11. The van der Waals surface area contributed by atoms with E-state index in [1.807, 2.05) is 12.1 Å². The van der Waals surface area contributed by atoms with Crippen molar-refractivity contribution in [2.75, 3.05) is 19.6 Å². The number of aromatic amines is 1. The lowest BCUT2D eigenvalue weighted by Gasteiger charge is -2.26. The fourth-order valence-electron chi connectivity index (χ4n) is 7.37. The number of guanidine groups is 1. The summed E-state index contributed by atoms with van der Waals surface area (Å²) >= 11 is 0. The average molecular weight is 971 g/mol. The van der Waals surface area contributed by atoms with E-state index in [0.29, 0.717) is 11.1 Å². The second kappa shape index (κ2) is 26.7. The Kier molecular flexibility index (Phi) is 20.6. The number of amides is 9. The molecule has 1 aromatic heterocycles. The van der Waals surface area contributed by atoms with Crippen LogP contribution in [0.25, 0.3) is 10.9 Å². The molecule has 1 saturated heterocycles. The van der Waals surface area contributed by atoms with E-state index in [4.69, 9.17) is 17.2 Å². The molecule has 0 aliphatic carbocycles. The van der Waals surface area contributed by atoms with E-state index in [1.54, 1.807) is 24.4 Å². The number of hydrogen-bond donors (Lipinski definition) is 13. The summed E-state index contributed by atoms with van der Waals surface area (Å²) in [6.45, 7) is 0.430. The van der Waals surface area contributed by atoms with Crippen molar-refractivity contribution in [3.8, 4) is 6.07 Å². The largest absolute Gasteiger partial charge is 0.481 e. The highest BCUT2D eigenvalue weighted by Gasteiger charge is 2.34. The Labute approximate surface area is 401 Å². The number of carboxylic acid groups (broad SMARTS) is 1. The number of aromatic nitrogens is 1. The van der Waals surface area contributed by atoms with Crippen molar-refractivity contribution in [2.24, 2.45) is 22.2 Å². The van der Waals surface area contributed by atoms with E-state index in [0.717, 1.165) is 17.8 Å². The zero-order valence-electron chi connectivity index (χ0n) is 38.3. The van der Waals surface area contributed by atoms with Gasteiger partial charge in [0.2, 0.25) is 53.2 Å². The molecule has 0 spiro atoms. The fraction of sp³-hybridized carbons (Fsp3) is 0.422. The summed E-state index contributed by atoms with van der Waals surface area (Å²) in [6, 6.07) is 6.14. The number of hydrogen-bond acceptors (Lipinski definition) is 12. The number of nitrogens with zero attached hydrogens (tertiary/aromatic N) is 2. The lowest BCUT2D eigenvalue weighted by Crippen LogP contribution is -2.59. The molecule has 16 N–H and O–H groups in total. The molecule has 374 valence electrons. The van der Waals surface area contributed by atoms with Crippen LogP contribution in [0.3, 0.4) is 0 Å². The maximum atomic E-state index is 14.0. The predicted octanol–water partition coefficient (Wildman–Crippen LogP) is -3.43. The van der Waals surface area contributed by atoms with Gasteiger partial charge in [-0.15, -0.1) is 0 Å². The third-order valence-electron chi connectivity index (χ3n) is 10.9. The van der Waals surface area contributed by atoms with Crippen LogP contribution in [-0.2, 0) is 60.8 Å². The molecule has 2 heterocycles. The minimum atomic E-state index is -1.90. The summed E-state index contributed by atoms with van der Waals surface area (Å²) in [5, 5.41) is 39.8. The number of para-hydroxylation sites is 1. The lowest BCUT2D eigenvalue weighted by atomic mass is 10.0. The molecule has 1 aliphatic rings. The number of H-pyrrole nitrogens is 1. The Hall–Kier alpha value is -8.56. The van der Waals surface area contributed by atoms with Gasteiger partial charge in [-0.1, -0.05) is 30.3 Å². The first-order valence-electron chi connectivity index (χ1n) is 22.3. The topological polar surface area (TPSA) is 417 Å². The number of benzene rings is 2. The monoisotopic (exact) mass is 970 g/mol. The molecular weight excluding hydrogens is 913 g/mol. The zero-order valence-corrected chi connectivity index (χ0v) is 38.3. The van der Waals surface area contributed by atoms with E-state index >= 15 is 0 Å². The van der Waals surface area contributed by atoms with E-state index in [2.05, 4.69) is 52.5 Å². The van der Waals surface area contributed by atoms with Crippen molar-refractivity contribution in [3.63, 3.8) is 0 Å². The number of carbonyl (C=O) groups is 10. The average Bonchev–Trinajstić information content (AvgIpc) is 3.72. The number of primary amides is 1. The maximum absolute atomic E-state index is 14.0. The van der Waals surface area contributed by atoms with Gasteiger partial charge in [0.1, 0.15) is 36.3 Å². The lowest BCUT2D eigenvalue weighted by molar-refractivity contribution is -0.141. The molecule has 25 heteroatoms. The number of nitriles is 1. The van der Waals surface area contributed by atoms with Crippen LogP contribution in [0.5, 0.6) is 0 Å². The maximum Gasteiger partial charge on any atom is 0.305 e. The molecule has 6 atom stereocenters. The van der Waals surface area contributed by atoms with Crippen LogP contribution in [-0.4, -0.2) is 131 Å². The minimum Gasteiger partial charge on any atom is -0.481 e. The molecule has 0 radical (unpaired) electrons. The third kappa shape index (κ3) is 17.6. The Morgan fingerprint density at radius 2 is 1.51 bits per heavy atom. The van der Waals surface area contributed by atoms with Gasteiger partial charge in [-0.25, -0.2) is 0 Å². The molecule has 9 amide bonds. The van der Waals surface area contributed by atoms with E-state index in [9.17, 15) is 58.3 Å². The molecule has 0 bridgehead atoms. The number of aliphatic carboxylic acids is 1. The fourth-order valence-corrected chi connectivity index (χ4v) is 7.37. The van der Waals surface area contributed by atoms with Crippen molar-refractivity contribution in [1.29, 1.82) is 5.26 Å². The second-order valence-corrected chi connectivity index (χ2v) is 16.4. The van der Waals surface area contributed by atoms with Crippen LogP contribution in [0.15, 0.2) is 59.7 Å². The van der Waals surface area contributed by atoms with Gasteiger partial charge in [-0.2, -0.15) is 5.26 Å². The molecule has 25 nitrogen and oxygen atoms in total. The van der Waals surface area contributed by atoms with Crippen molar-refractivity contribution >= 4 is 76.0 Å². The molecule has 3 unspecified atom stereocenters. The SMILES string of the molecule is CC(=O)N[C@@H](CCCN=C(N)N)C(=O)NC1CCC(=O)NCCCC(C(N)=O)NC(=O)[C@H](Cc2c[nH]c3ccccc23)NC(=O)CNC(=O)C(Cc2ccc(C#N)cc2)NC(=O)[C@H](CC(=O)O)NC1=O. The number of rotatable bonds is 14. The van der Waals surface area contributed by atoms with Crippen molar-refractivity contribution < 1.29 is 53.1 Å². The smallest absolute Gasteiger partial charge is 0.305 e. The number of fused-ring (bicyclic) bond motifs is 1. The number of nitrogens with two attached hydrogens (primary N) is 3. The summed E-state index contributed by atoms with van der Waals surface area (Å²) in [4.78, 5) is 140. The van der Waals surface area contributed by atoms with Crippen molar-refractivity contribution in [3.05, 3.63) is 71.4 Å². The number of carbonyl (C=O) groups excluding carboxylic acids is 9. The summed E-state index contributed by atoms with van der Waals surface area (Å²) in [6.07, 6.45) is -0.370. The number of nitrogens with one attached hydrogen (secondary N) is 9. The molecule has 3 aromatic rings. The van der Waals surface area contributed by atoms with Gasteiger partial charge in [0.05, 0.1) is 24.6 Å². The Morgan fingerprint density at radius 1 is 0.829 bits per heavy atom. The highest BCUT2D eigenvalue weighted by molar-refractivity contribution is 5.98. The van der Waals surface area contributed by atoms with Crippen molar-refractivity contribution in [2.45, 2.75) is 101 Å². The first-order valence-corrected chi connectivity index (χ1v) is 22.3. The third-order valence-corrected chi connectivity index (χ3v) is 10.9. The molecule has 2 aromatic carbocycles. The standard InChI is InChI=1S/C45H58N14O11/c1-24(60)54-31(9-5-17-51-45(48)49)41(67)57-32-14-15-36(61)50-16-4-8-30(39(47)65)56-43(69)34(19-27-22-52-29-7-3-2-6-28(27)29)55-37(62)23-53-40(66)33(18-25-10-12-26(21-46)13-11-25)58-44(70)35(20-38(63)64)59-42(32)68/h2-3,6-7,10-13,22,30-35,52H,4-5,8-9,14-20,23H2,1H3,(H2,47,65)(H,50,61)(H,53,66)(H,54,60)(H,55,62)(H,56,69)(H,57,67)(H,58,70)(H,59,68)(H,63,64)(H4,48,49,51)/t30?,31-,32?,33?,34-,35-/m0/s1. The normalized spacial score (nSPS) is 20.6. The van der Waals surface area contributed by atoms with E-state index < -0.39 is 121 Å². The van der Waals surface area contributed by atoms with Crippen LogP contribution < -0.4 is 59.7 Å². The Morgan fingerprint density at radius 3 is 2.19 bits per heavy atom. The molecule has 1 aliphatic heterocycles. The van der Waals surface area contributed by atoms with Crippen LogP contribution >= 0.6 is 0 Å². The van der Waals surface area contributed by atoms with Gasteiger partial charge in [-0.3, -0.25) is 52.9 Å².